The van der Waals surface area contributed by atoms with E-state index < -0.39 is 11.5 Å². The van der Waals surface area contributed by atoms with Gasteiger partial charge in [-0.3, -0.25) is 5.32 Å². The molecule has 0 saturated heterocycles. The topological polar surface area (TPSA) is 75.3 Å². The highest BCUT2D eigenvalue weighted by Gasteiger charge is 2.52. The zero-order valence-corrected chi connectivity index (χ0v) is 10.4. The third-order valence-corrected chi connectivity index (χ3v) is 3.54. The molecule has 1 fully saturated rings. The van der Waals surface area contributed by atoms with E-state index in [0.717, 1.165) is 24.8 Å². The van der Waals surface area contributed by atoms with E-state index in [9.17, 15) is 9.90 Å². The van der Waals surface area contributed by atoms with Crippen molar-refractivity contribution in [3.8, 4) is 0 Å². The molecule has 0 aromatic heterocycles. The molecule has 1 unspecified atom stereocenters. The molecule has 0 bridgehead atoms. The van der Waals surface area contributed by atoms with E-state index in [1.165, 1.54) is 0 Å². The summed E-state index contributed by atoms with van der Waals surface area (Å²) < 4.78 is 0. The SMILES string of the molecule is NCCCNC(C(=O)O)(c1ccccc1)C1CC1. The summed E-state index contributed by atoms with van der Waals surface area (Å²) in [7, 11) is 0. The van der Waals surface area contributed by atoms with Crippen LogP contribution in [0.25, 0.3) is 0 Å². The number of hydrogen-bond acceptors (Lipinski definition) is 3. The van der Waals surface area contributed by atoms with Crippen LogP contribution in [0, 0.1) is 5.92 Å². The number of carboxylic acid groups (broad SMARTS) is 1. The molecule has 1 atom stereocenters. The Balaban J connectivity index is 2.28. The van der Waals surface area contributed by atoms with Gasteiger partial charge < -0.3 is 10.8 Å². The van der Waals surface area contributed by atoms with Gasteiger partial charge in [0.05, 0.1) is 0 Å². The molecule has 1 aromatic carbocycles. The van der Waals surface area contributed by atoms with Crippen molar-refractivity contribution in [1.29, 1.82) is 0 Å². The number of carboxylic acids is 1. The highest BCUT2D eigenvalue weighted by atomic mass is 16.4. The Kier molecular flexibility index (Phi) is 3.99. The Bertz CT molecular complexity index is 404. The molecule has 1 saturated carbocycles. The van der Waals surface area contributed by atoms with Gasteiger partial charge in [-0.2, -0.15) is 0 Å². The summed E-state index contributed by atoms with van der Waals surface area (Å²) in [6.07, 6.45) is 2.72. The van der Waals surface area contributed by atoms with E-state index in [0.29, 0.717) is 13.1 Å². The molecule has 98 valence electrons. The van der Waals surface area contributed by atoms with Crippen molar-refractivity contribution in [1.82, 2.24) is 5.32 Å². The molecule has 4 N–H and O–H groups in total. The first-order valence-electron chi connectivity index (χ1n) is 6.46. The van der Waals surface area contributed by atoms with Gasteiger partial charge in [0.1, 0.15) is 5.54 Å². The second-order valence-electron chi connectivity index (χ2n) is 4.82. The van der Waals surface area contributed by atoms with E-state index in [1.54, 1.807) is 0 Å². The van der Waals surface area contributed by atoms with Crippen molar-refractivity contribution < 1.29 is 9.90 Å². The zero-order chi connectivity index (χ0) is 13.0. The Morgan fingerprint density at radius 2 is 2.06 bits per heavy atom. The molecule has 1 aliphatic carbocycles. The van der Waals surface area contributed by atoms with Crippen LogP contribution < -0.4 is 11.1 Å². The van der Waals surface area contributed by atoms with Crippen LogP contribution in [0.1, 0.15) is 24.8 Å². The van der Waals surface area contributed by atoms with E-state index in [1.807, 2.05) is 30.3 Å². The number of hydrogen-bond donors (Lipinski definition) is 3. The van der Waals surface area contributed by atoms with Gasteiger partial charge in [-0.15, -0.1) is 0 Å². The van der Waals surface area contributed by atoms with E-state index >= 15 is 0 Å². The minimum absolute atomic E-state index is 0.190. The Morgan fingerprint density at radius 3 is 2.56 bits per heavy atom. The molecule has 0 heterocycles. The zero-order valence-electron chi connectivity index (χ0n) is 10.4. The standard InChI is InChI=1S/C14H20N2O2/c15-9-4-10-16-14(13(17)18,12-7-8-12)11-5-2-1-3-6-11/h1-3,5-6,12,16H,4,7-10,15H2,(H,17,18). The van der Waals surface area contributed by atoms with Gasteiger partial charge in [-0.1, -0.05) is 30.3 Å². The first-order chi connectivity index (χ1) is 8.71. The van der Waals surface area contributed by atoms with Crippen LogP contribution in [0.4, 0.5) is 0 Å². The molecule has 0 radical (unpaired) electrons. The Labute approximate surface area is 107 Å². The van der Waals surface area contributed by atoms with Gasteiger partial charge in [0, 0.05) is 0 Å². The summed E-state index contributed by atoms with van der Waals surface area (Å²) in [5.41, 5.74) is 5.39. The van der Waals surface area contributed by atoms with Crippen molar-refractivity contribution in [3.63, 3.8) is 0 Å². The molecule has 0 spiro atoms. The molecule has 4 heteroatoms. The number of nitrogens with one attached hydrogen (secondary N) is 1. The average Bonchev–Trinajstić information content (AvgIpc) is 3.20. The molecular weight excluding hydrogens is 228 g/mol. The van der Waals surface area contributed by atoms with Crippen LogP contribution in [0.5, 0.6) is 0 Å². The summed E-state index contributed by atoms with van der Waals surface area (Å²) in [6.45, 7) is 1.20. The van der Waals surface area contributed by atoms with Crippen LogP contribution in [0.3, 0.4) is 0 Å². The molecule has 1 aliphatic rings. The predicted octanol–water partition coefficient (Wildman–Crippen LogP) is 1.31. The Morgan fingerprint density at radius 1 is 1.39 bits per heavy atom. The quantitative estimate of drug-likeness (QED) is 0.636. The minimum atomic E-state index is -0.934. The smallest absolute Gasteiger partial charge is 0.328 e. The number of rotatable bonds is 7. The van der Waals surface area contributed by atoms with Gasteiger partial charge >= 0.3 is 5.97 Å². The third kappa shape index (κ3) is 2.40. The van der Waals surface area contributed by atoms with Gasteiger partial charge in [0.25, 0.3) is 0 Å². The summed E-state index contributed by atoms with van der Waals surface area (Å²) in [6, 6.07) is 9.46. The summed E-state index contributed by atoms with van der Waals surface area (Å²) in [5.74, 6) is -0.594. The molecule has 18 heavy (non-hydrogen) atoms. The van der Waals surface area contributed by atoms with E-state index in [2.05, 4.69) is 5.32 Å². The summed E-state index contributed by atoms with van der Waals surface area (Å²) >= 11 is 0. The highest BCUT2D eigenvalue weighted by molar-refractivity contribution is 5.81. The fraction of sp³-hybridized carbons (Fsp3) is 0.500. The van der Waals surface area contributed by atoms with Gasteiger partial charge in [-0.25, -0.2) is 4.79 Å². The third-order valence-electron chi connectivity index (χ3n) is 3.54. The second kappa shape index (κ2) is 5.50. The predicted molar refractivity (Wildman–Crippen MR) is 70.2 cm³/mol. The van der Waals surface area contributed by atoms with Gasteiger partial charge in [0.15, 0.2) is 0 Å². The molecule has 0 aliphatic heterocycles. The minimum Gasteiger partial charge on any atom is -0.480 e. The van der Waals surface area contributed by atoms with Crippen LogP contribution in [0.2, 0.25) is 0 Å². The van der Waals surface area contributed by atoms with Crippen LogP contribution in [-0.2, 0) is 10.3 Å². The van der Waals surface area contributed by atoms with Crippen molar-refractivity contribution in [2.45, 2.75) is 24.8 Å². The summed E-state index contributed by atoms with van der Waals surface area (Å²) in [5, 5.41) is 12.9. The first-order valence-corrected chi connectivity index (χ1v) is 6.46. The summed E-state index contributed by atoms with van der Waals surface area (Å²) in [4.78, 5) is 11.8. The fourth-order valence-corrected chi connectivity index (χ4v) is 2.46. The van der Waals surface area contributed by atoms with Crippen molar-refractivity contribution in [2.75, 3.05) is 13.1 Å². The highest BCUT2D eigenvalue weighted by Crippen LogP contribution is 2.46. The maximum Gasteiger partial charge on any atom is 0.328 e. The lowest BCUT2D eigenvalue weighted by atomic mass is 9.84. The normalized spacial score (nSPS) is 18.3. The fourth-order valence-electron chi connectivity index (χ4n) is 2.46. The maximum atomic E-state index is 11.8. The first kappa shape index (κ1) is 13.1. The lowest BCUT2D eigenvalue weighted by Gasteiger charge is -2.31. The monoisotopic (exact) mass is 248 g/mol. The average molecular weight is 248 g/mol. The lowest BCUT2D eigenvalue weighted by molar-refractivity contribution is -0.146. The molecular formula is C14H20N2O2. The number of aliphatic carboxylic acids is 1. The van der Waals surface area contributed by atoms with Crippen LogP contribution >= 0.6 is 0 Å². The molecule has 2 rings (SSSR count). The largest absolute Gasteiger partial charge is 0.480 e. The van der Waals surface area contributed by atoms with Crippen molar-refractivity contribution in [3.05, 3.63) is 35.9 Å². The van der Waals surface area contributed by atoms with Crippen LogP contribution in [0.15, 0.2) is 30.3 Å². The number of carbonyl (C=O) groups is 1. The lowest BCUT2D eigenvalue weighted by Crippen LogP contribution is -2.51. The maximum absolute atomic E-state index is 11.8. The number of nitrogens with two attached hydrogens (primary N) is 1. The second-order valence-corrected chi connectivity index (χ2v) is 4.82. The molecule has 0 amide bonds. The molecule has 4 nitrogen and oxygen atoms in total. The molecule has 1 aromatic rings. The van der Waals surface area contributed by atoms with Gasteiger partial charge in [-0.05, 0) is 43.8 Å². The number of benzene rings is 1. The van der Waals surface area contributed by atoms with Crippen molar-refractivity contribution in [2.24, 2.45) is 11.7 Å². The van der Waals surface area contributed by atoms with E-state index in [-0.39, 0.29) is 5.92 Å². The van der Waals surface area contributed by atoms with E-state index in [4.69, 9.17) is 5.73 Å². The Hall–Kier alpha value is -1.39. The van der Waals surface area contributed by atoms with Crippen LogP contribution in [-0.4, -0.2) is 24.2 Å². The van der Waals surface area contributed by atoms with Crippen molar-refractivity contribution >= 4 is 5.97 Å². The van der Waals surface area contributed by atoms with Gasteiger partial charge in [0.2, 0.25) is 0 Å².